The van der Waals surface area contributed by atoms with Crippen molar-refractivity contribution < 1.29 is 8.42 Å². The van der Waals surface area contributed by atoms with Crippen LogP contribution < -0.4 is 0 Å². The van der Waals surface area contributed by atoms with Gasteiger partial charge in [0.05, 0.1) is 0 Å². The molecule has 4 heteroatoms. The molecular formula is C8H16O2S2. The maximum absolute atomic E-state index is 10.8. The first kappa shape index (κ1) is 10.4. The third-order valence-electron chi connectivity index (χ3n) is 2.24. The lowest BCUT2D eigenvalue weighted by Gasteiger charge is -2.20. The van der Waals surface area contributed by atoms with Gasteiger partial charge in [0.2, 0.25) is 0 Å². The van der Waals surface area contributed by atoms with Gasteiger partial charge in [-0.15, -0.1) is 0 Å². The highest BCUT2D eigenvalue weighted by Crippen LogP contribution is 2.28. The van der Waals surface area contributed by atoms with Crippen molar-refractivity contribution in [3.8, 4) is 0 Å². The van der Waals surface area contributed by atoms with Crippen LogP contribution in [0.4, 0.5) is 0 Å². The van der Waals surface area contributed by atoms with Crippen molar-refractivity contribution in [3.05, 3.63) is 0 Å². The first-order valence-corrected chi connectivity index (χ1v) is 7.82. The van der Waals surface area contributed by atoms with Crippen molar-refractivity contribution in [1.29, 1.82) is 0 Å². The molecule has 1 saturated carbocycles. The largest absolute Gasteiger partial charge is 0.218 e. The van der Waals surface area contributed by atoms with Crippen molar-refractivity contribution in [1.82, 2.24) is 0 Å². The number of rotatable bonds is 3. The van der Waals surface area contributed by atoms with E-state index in [0.29, 0.717) is 5.92 Å². The van der Waals surface area contributed by atoms with Gasteiger partial charge >= 0.3 is 0 Å². The second-order valence-corrected chi connectivity index (χ2v) is 7.99. The molecule has 0 aromatic rings. The lowest BCUT2D eigenvalue weighted by Crippen LogP contribution is -2.09. The Labute approximate surface area is 78.4 Å². The molecule has 1 fully saturated rings. The van der Waals surface area contributed by atoms with Gasteiger partial charge in [-0.25, -0.2) is 8.42 Å². The van der Waals surface area contributed by atoms with E-state index >= 15 is 0 Å². The summed E-state index contributed by atoms with van der Waals surface area (Å²) in [5, 5.41) is 0. The molecule has 1 rings (SSSR count). The van der Waals surface area contributed by atoms with Gasteiger partial charge in [0.15, 0.2) is 8.87 Å². The highest BCUT2D eigenvalue weighted by atomic mass is 33.1. The van der Waals surface area contributed by atoms with E-state index in [0.717, 1.165) is 16.5 Å². The van der Waals surface area contributed by atoms with E-state index in [4.69, 9.17) is 0 Å². The van der Waals surface area contributed by atoms with E-state index in [1.807, 2.05) is 0 Å². The Morgan fingerprint density at radius 2 is 1.83 bits per heavy atom. The topological polar surface area (TPSA) is 34.1 Å². The average Bonchev–Trinajstić information content (AvgIpc) is 2.02. The third kappa shape index (κ3) is 4.36. The molecule has 0 aromatic heterocycles. The molecule has 1 aliphatic carbocycles. The van der Waals surface area contributed by atoms with Crippen LogP contribution in [0.1, 0.15) is 32.1 Å². The van der Waals surface area contributed by atoms with Crippen LogP contribution in [0, 0.1) is 5.92 Å². The van der Waals surface area contributed by atoms with Crippen molar-refractivity contribution >= 4 is 19.7 Å². The maximum Gasteiger partial charge on any atom is 0.198 e. The first-order valence-electron chi connectivity index (χ1n) is 4.42. The molecule has 0 saturated heterocycles. The lowest BCUT2D eigenvalue weighted by molar-refractivity contribution is 0.391. The van der Waals surface area contributed by atoms with Gasteiger partial charge in [0, 0.05) is 12.0 Å². The fraction of sp³-hybridized carbons (Fsp3) is 1.00. The van der Waals surface area contributed by atoms with Crippen LogP contribution >= 0.6 is 10.8 Å². The van der Waals surface area contributed by atoms with Crippen LogP contribution in [-0.2, 0) is 8.87 Å². The van der Waals surface area contributed by atoms with Crippen molar-refractivity contribution in [2.75, 3.05) is 12.0 Å². The third-order valence-corrected chi connectivity index (χ3v) is 4.97. The summed E-state index contributed by atoms with van der Waals surface area (Å²) in [5.41, 5.74) is 0. The zero-order valence-electron chi connectivity index (χ0n) is 7.45. The average molecular weight is 208 g/mol. The molecule has 0 aliphatic heterocycles. The van der Waals surface area contributed by atoms with E-state index in [9.17, 15) is 8.42 Å². The van der Waals surface area contributed by atoms with Gasteiger partial charge < -0.3 is 0 Å². The molecule has 0 heterocycles. The first-order chi connectivity index (χ1) is 5.58. The van der Waals surface area contributed by atoms with Crippen LogP contribution in [-0.4, -0.2) is 20.4 Å². The van der Waals surface area contributed by atoms with Crippen LogP contribution in [0.2, 0.25) is 0 Å². The van der Waals surface area contributed by atoms with Crippen molar-refractivity contribution in [2.45, 2.75) is 32.1 Å². The second-order valence-electron chi connectivity index (χ2n) is 3.49. The van der Waals surface area contributed by atoms with Gasteiger partial charge in [0.1, 0.15) is 0 Å². The molecule has 0 aromatic carbocycles. The summed E-state index contributed by atoms with van der Waals surface area (Å²) < 4.78 is 21.7. The normalized spacial score (nSPS) is 21.1. The highest BCUT2D eigenvalue weighted by Gasteiger charge is 2.15. The smallest absolute Gasteiger partial charge is 0.198 e. The Hall–Kier alpha value is 0.300. The zero-order chi connectivity index (χ0) is 9.03. The van der Waals surface area contributed by atoms with Gasteiger partial charge in [0.25, 0.3) is 0 Å². The number of hydrogen-bond acceptors (Lipinski definition) is 3. The molecule has 12 heavy (non-hydrogen) atoms. The molecule has 1 aliphatic rings. The lowest BCUT2D eigenvalue weighted by atomic mass is 9.91. The quantitative estimate of drug-likeness (QED) is 0.667. The fourth-order valence-electron chi connectivity index (χ4n) is 1.57. The molecule has 0 bridgehead atoms. The maximum atomic E-state index is 10.8. The second kappa shape index (κ2) is 4.51. The van der Waals surface area contributed by atoms with Gasteiger partial charge in [-0.1, -0.05) is 19.3 Å². The molecule has 0 atom stereocenters. The summed E-state index contributed by atoms with van der Waals surface area (Å²) >= 11 is 0. The van der Waals surface area contributed by atoms with Crippen molar-refractivity contribution in [2.24, 2.45) is 5.92 Å². The van der Waals surface area contributed by atoms with Gasteiger partial charge in [-0.2, -0.15) is 0 Å². The summed E-state index contributed by atoms with van der Waals surface area (Å²) in [6.07, 6.45) is 7.65. The predicted octanol–water partition coefficient (Wildman–Crippen LogP) is 2.26. The van der Waals surface area contributed by atoms with Crippen LogP contribution in [0.15, 0.2) is 0 Å². The molecule has 0 radical (unpaired) electrons. The molecule has 2 nitrogen and oxygen atoms in total. The molecular weight excluding hydrogens is 192 g/mol. The zero-order valence-corrected chi connectivity index (χ0v) is 9.09. The Bertz CT molecular complexity index is 215. The molecule has 0 amide bonds. The summed E-state index contributed by atoms with van der Waals surface area (Å²) in [4.78, 5) is 0. The Balaban J connectivity index is 2.22. The summed E-state index contributed by atoms with van der Waals surface area (Å²) in [6.45, 7) is 0. The molecule has 0 spiro atoms. The fourth-order valence-corrected chi connectivity index (χ4v) is 3.67. The van der Waals surface area contributed by atoms with E-state index in [2.05, 4.69) is 0 Å². The Morgan fingerprint density at radius 3 is 2.33 bits per heavy atom. The minimum absolute atomic E-state index is 0.651. The summed E-state index contributed by atoms with van der Waals surface area (Å²) in [6, 6.07) is 0. The van der Waals surface area contributed by atoms with Gasteiger partial charge in [-0.05, 0) is 29.6 Å². The van der Waals surface area contributed by atoms with E-state index < -0.39 is 8.87 Å². The molecule has 0 unspecified atom stereocenters. The summed E-state index contributed by atoms with van der Waals surface area (Å²) in [7, 11) is -1.69. The van der Waals surface area contributed by atoms with E-state index in [1.165, 1.54) is 38.4 Å². The SMILES string of the molecule is CS(=O)(=O)SCC1CCCCC1. The highest BCUT2D eigenvalue weighted by molar-refractivity contribution is 8.71. The Kier molecular flexibility index (Phi) is 3.90. The van der Waals surface area contributed by atoms with Gasteiger partial charge in [-0.3, -0.25) is 0 Å². The Morgan fingerprint density at radius 1 is 1.25 bits per heavy atom. The van der Waals surface area contributed by atoms with Crippen LogP contribution in [0.5, 0.6) is 0 Å². The molecule has 0 N–H and O–H groups in total. The number of hydrogen-bond donors (Lipinski definition) is 0. The van der Waals surface area contributed by atoms with E-state index in [-0.39, 0.29) is 0 Å². The van der Waals surface area contributed by atoms with E-state index in [1.54, 1.807) is 0 Å². The minimum atomic E-state index is -2.81. The predicted molar refractivity (Wildman–Crippen MR) is 53.9 cm³/mol. The standard InChI is InChI=1S/C8H16O2S2/c1-12(9,10)11-7-8-5-3-2-4-6-8/h8H,2-7H2,1H3. The van der Waals surface area contributed by atoms with Crippen LogP contribution in [0.25, 0.3) is 0 Å². The van der Waals surface area contributed by atoms with Crippen molar-refractivity contribution in [3.63, 3.8) is 0 Å². The summed E-state index contributed by atoms with van der Waals surface area (Å²) in [5.74, 6) is 1.46. The minimum Gasteiger partial charge on any atom is -0.218 e. The van der Waals surface area contributed by atoms with Crippen LogP contribution in [0.3, 0.4) is 0 Å². The molecule has 72 valence electrons. The monoisotopic (exact) mass is 208 g/mol.